The number of nitrogens with one attached hydrogen (secondary N) is 1. The number of hydrogen-bond donors (Lipinski definition) is 1. The first-order valence-electron chi connectivity index (χ1n) is 4.56. The topological polar surface area (TPSA) is 25.2 Å². The molecule has 1 aromatic heterocycles. The Morgan fingerprint density at radius 3 is 2.50 bits per heavy atom. The highest BCUT2D eigenvalue weighted by atomic mass is 79.9. The number of hydrogen-bond acceptors (Lipinski definition) is 2. The highest BCUT2D eigenvalue weighted by molar-refractivity contribution is 9.10. The minimum absolute atomic E-state index is 0.135. The Labute approximate surface area is 99.4 Å². The van der Waals surface area contributed by atoms with Crippen LogP contribution in [0.25, 0.3) is 0 Å². The quantitative estimate of drug-likeness (QED) is 0.925. The molecule has 2 rings (SSSR count). The van der Waals surface area contributed by atoms with Crippen LogP contribution in [0, 0.1) is 11.6 Å². The first-order valence-corrected chi connectivity index (χ1v) is 5.35. The van der Waals surface area contributed by atoms with E-state index in [2.05, 4.69) is 21.2 Å². The van der Waals surface area contributed by atoms with Gasteiger partial charge < -0.3 is 9.73 Å². The van der Waals surface area contributed by atoms with Crippen molar-refractivity contribution in [1.82, 2.24) is 0 Å². The van der Waals surface area contributed by atoms with Gasteiger partial charge in [-0.15, -0.1) is 0 Å². The van der Waals surface area contributed by atoms with Gasteiger partial charge in [-0.2, -0.15) is 0 Å². The maximum absolute atomic E-state index is 13.4. The van der Waals surface area contributed by atoms with Crippen LogP contribution in [0.1, 0.15) is 5.56 Å². The smallest absolute Gasteiger partial charge is 0.150 e. The van der Waals surface area contributed by atoms with E-state index in [9.17, 15) is 8.78 Å². The second kappa shape index (κ2) is 4.65. The van der Waals surface area contributed by atoms with Crippen molar-refractivity contribution in [3.8, 4) is 0 Å². The Bertz CT molecular complexity index is 462. The fraction of sp³-hybridized carbons (Fsp3) is 0.0909. The van der Waals surface area contributed by atoms with E-state index in [0.29, 0.717) is 11.0 Å². The lowest BCUT2D eigenvalue weighted by molar-refractivity contribution is 0.563. The summed E-state index contributed by atoms with van der Waals surface area (Å²) in [7, 11) is 0. The highest BCUT2D eigenvalue weighted by Crippen LogP contribution is 2.24. The second-order valence-corrected chi connectivity index (χ2v) is 4.15. The summed E-state index contributed by atoms with van der Waals surface area (Å²) in [6.07, 6.45) is 3.02. The summed E-state index contributed by atoms with van der Waals surface area (Å²) in [6.45, 7) is 0.311. The predicted octanol–water partition coefficient (Wildman–Crippen LogP) is 3.93. The van der Waals surface area contributed by atoms with Crippen molar-refractivity contribution >= 4 is 21.6 Å². The van der Waals surface area contributed by atoms with Crippen LogP contribution in [0.2, 0.25) is 0 Å². The third kappa shape index (κ3) is 2.41. The lowest BCUT2D eigenvalue weighted by Gasteiger charge is -2.07. The molecule has 0 saturated carbocycles. The summed E-state index contributed by atoms with van der Waals surface area (Å²) in [5.41, 5.74) is 0.686. The van der Waals surface area contributed by atoms with Crippen LogP contribution in [0.3, 0.4) is 0 Å². The molecule has 2 nitrogen and oxygen atoms in total. The van der Waals surface area contributed by atoms with E-state index >= 15 is 0 Å². The van der Waals surface area contributed by atoms with Crippen LogP contribution < -0.4 is 5.32 Å². The van der Waals surface area contributed by atoms with E-state index in [1.807, 2.05) is 0 Å². The molecule has 0 atom stereocenters. The van der Waals surface area contributed by atoms with Gasteiger partial charge in [0.15, 0.2) is 0 Å². The average Bonchev–Trinajstić information content (AvgIpc) is 2.68. The zero-order valence-electron chi connectivity index (χ0n) is 8.14. The van der Waals surface area contributed by atoms with Crippen molar-refractivity contribution in [2.45, 2.75) is 6.54 Å². The van der Waals surface area contributed by atoms with Crippen LogP contribution in [-0.2, 0) is 6.54 Å². The molecule has 1 N–H and O–H groups in total. The Hall–Kier alpha value is -1.36. The van der Waals surface area contributed by atoms with Crippen molar-refractivity contribution in [2.24, 2.45) is 0 Å². The molecule has 0 fully saturated rings. The molecule has 1 aromatic carbocycles. The number of halogens is 3. The Morgan fingerprint density at radius 1 is 1.25 bits per heavy atom. The molecular weight excluding hydrogens is 280 g/mol. The van der Waals surface area contributed by atoms with E-state index in [1.165, 1.54) is 24.7 Å². The molecule has 0 spiro atoms. The molecule has 0 radical (unpaired) electrons. The predicted molar refractivity (Wildman–Crippen MR) is 60.1 cm³/mol. The van der Waals surface area contributed by atoms with Gasteiger partial charge in [-0.3, -0.25) is 0 Å². The summed E-state index contributed by atoms with van der Waals surface area (Å²) in [4.78, 5) is 0. The summed E-state index contributed by atoms with van der Waals surface area (Å²) in [5.74, 6) is -1.26. The number of anilines is 1. The SMILES string of the molecule is Fc1cc(Br)cc(F)c1NCc1ccoc1. The first-order chi connectivity index (χ1) is 7.66. The average molecular weight is 288 g/mol. The van der Waals surface area contributed by atoms with E-state index in [4.69, 9.17) is 4.42 Å². The lowest BCUT2D eigenvalue weighted by Crippen LogP contribution is -2.03. The summed E-state index contributed by atoms with van der Waals surface area (Å²) < 4.78 is 32.0. The van der Waals surface area contributed by atoms with Crippen LogP contribution in [-0.4, -0.2) is 0 Å². The molecule has 16 heavy (non-hydrogen) atoms. The van der Waals surface area contributed by atoms with Crippen LogP contribution in [0.5, 0.6) is 0 Å². The Morgan fingerprint density at radius 2 is 1.94 bits per heavy atom. The number of furan rings is 1. The summed E-state index contributed by atoms with van der Waals surface area (Å²) in [5, 5.41) is 2.68. The van der Waals surface area contributed by atoms with Gasteiger partial charge in [0.2, 0.25) is 0 Å². The molecule has 2 aromatic rings. The van der Waals surface area contributed by atoms with Gasteiger partial charge in [-0.05, 0) is 18.2 Å². The van der Waals surface area contributed by atoms with Gasteiger partial charge >= 0.3 is 0 Å². The van der Waals surface area contributed by atoms with Gasteiger partial charge in [-0.25, -0.2) is 8.78 Å². The summed E-state index contributed by atoms with van der Waals surface area (Å²) >= 11 is 3.01. The molecule has 0 unspecified atom stereocenters. The lowest BCUT2D eigenvalue weighted by atomic mass is 10.2. The molecular formula is C11H8BrF2NO. The van der Waals surface area contributed by atoms with Crippen LogP contribution in [0.4, 0.5) is 14.5 Å². The number of benzene rings is 1. The van der Waals surface area contributed by atoms with E-state index < -0.39 is 11.6 Å². The van der Waals surface area contributed by atoms with Gasteiger partial charge in [0.25, 0.3) is 0 Å². The normalized spacial score (nSPS) is 10.4. The van der Waals surface area contributed by atoms with Crippen molar-refractivity contribution < 1.29 is 13.2 Å². The van der Waals surface area contributed by atoms with Gasteiger partial charge in [0.1, 0.15) is 17.3 Å². The molecule has 84 valence electrons. The third-order valence-corrected chi connectivity index (χ3v) is 2.51. The summed E-state index contributed by atoms with van der Waals surface area (Å²) in [6, 6.07) is 4.14. The highest BCUT2D eigenvalue weighted by Gasteiger charge is 2.10. The molecule has 0 aliphatic rings. The monoisotopic (exact) mass is 287 g/mol. The minimum atomic E-state index is -0.629. The fourth-order valence-electron chi connectivity index (χ4n) is 1.29. The third-order valence-electron chi connectivity index (χ3n) is 2.06. The zero-order chi connectivity index (χ0) is 11.5. The Kier molecular flexibility index (Phi) is 3.24. The van der Waals surface area contributed by atoms with Crippen molar-refractivity contribution in [1.29, 1.82) is 0 Å². The van der Waals surface area contributed by atoms with Crippen molar-refractivity contribution in [3.05, 3.63) is 52.4 Å². The maximum Gasteiger partial charge on any atom is 0.150 e. The largest absolute Gasteiger partial charge is 0.472 e. The van der Waals surface area contributed by atoms with Crippen LogP contribution in [0.15, 0.2) is 39.6 Å². The van der Waals surface area contributed by atoms with Crippen molar-refractivity contribution in [3.63, 3.8) is 0 Å². The van der Waals surface area contributed by atoms with E-state index in [0.717, 1.165) is 5.56 Å². The van der Waals surface area contributed by atoms with Gasteiger partial charge in [0, 0.05) is 16.6 Å². The second-order valence-electron chi connectivity index (χ2n) is 3.23. The molecule has 1 heterocycles. The molecule has 5 heteroatoms. The standard InChI is InChI=1S/C11H8BrF2NO/c12-8-3-9(13)11(10(14)4-8)15-5-7-1-2-16-6-7/h1-4,6,15H,5H2. The van der Waals surface area contributed by atoms with Gasteiger partial charge in [-0.1, -0.05) is 15.9 Å². The molecule has 0 saturated heterocycles. The Balaban J connectivity index is 2.15. The van der Waals surface area contributed by atoms with Gasteiger partial charge in [0.05, 0.1) is 12.5 Å². The van der Waals surface area contributed by atoms with E-state index in [-0.39, 0.29) is 5.69 Å². The van der Waals surface area contributed by atoms with E-state index in [1.54, 1.807) is 6.07 Å². The molecule has 0 aliphatic heterocycles. The van der Waals surface area contributed by atoms with Crippen LogP contribution >= 0.6 is 15.9 Å². The maximum atomic E-state index is 13.4. The minimum Gasteiger partial charge on any atom is -0.472 e. The fourth-order valence-corrected chi connectivity index (χ4v) is 1.70. The molecule has 0 aliphatic carbocycles. The van der Waals surface area contributed by atoms with Crippen molar-refractivity contribution in [2.75, 3.05) is 5.32 Å². The molecule has 0 bridgehead atoms. The number of rotatable bonds is 3. The molecule has 0 amide bonds. The first kappa shape index (κ1) is 11.1. The zero-order valence-corrected chi connectivity index (χ0v) is 9.72.